The van der Waals surface area contributed by atoms with Crippen molar-refractivity contribution in [3.8, 4) is 28.6 Å². The van der Waals surface area contributed by atoms with Gasteiger partial charge in [-0.15, -0.1) is 13.2 Å². The smallest absolute Gasteiger partial charge is 0.486 e. The predicted molar refractivity (Wildman–Crippen MR) is 124 cm³/mol. The van der Waals surface area contributed by atoms with Gasteiger partial charge in [-0.2, -0.15) is 4.37 Å². The van der Waals surface area contributed by atoms with Gasteiger partial charge in [0.1, 0.15) is 23.9 Å². The van der Waals surface area contributed by atoms with Crippen LogP contribution >= 0.6 is 23.1 Å². The molecule has 0 bridgehead atoms. The number of carbonyl (C=O) groups is 1. The molecule has 188 valence electrons. The lowest BCUT2D eigenvalue weighted by molar-refractivity contribution is -0.274. The minimum absolute atomic E-state index is 0.120. The lowest BCUT2D eigenvalue weighted by Crippen LogP contribution is -2.39. The third kappa shape index (κ3) is 7.22. The summed E-state index contributed by atoms with van der Waals surface area (Å²) >= 11 is 6.99. The van der Waals surface area contributed by atoms with Crippen LogP contribution < -0.4 is 14.2 Å². The van der Waals surface area contributed by atoms with Gasteiger partial charge in [-0.3, -0.25) is 0 Å². The number of aryl methyl sites for hydroxylation is 1. The highest BCUT2D eigenvalue weighted by molar-refractivity contribution is 7.05. The molecule has 12 heteroatoms. The first-order valence-electron chi connectivity index (χ1n) is 10.4. The molecule has 0 fully saturated rings. The molecule has 0 saturated heterocycles. The Morgan fingerprint density at radius 3 is 2.43 bits per heavy atom. The van der Waals surface area contributed by atoms with E-state index in [1.54, 1.807) is 39.0 Å². The van der Waals surface area contributed by atoms with E-state index in [-0.39, 0.29) is 18.2 Å². The zero-order valence-electron chi connectivity index (χ0n) is 19.2. The van der Waals surface area contributed by atoms with Crippen LogP contribution in [-0.2, 0) is 16.1 Å². The highest BCUT2D eigenvalue weighted by Gasteiger charge is 2.33. The maximum absolute atomic E-state index is 12.4. The Labute approximate surface area is 208 Å². The van der Waals surface area contributed by atoms with Crippen molar-refractivity contribution in [2.45, 2.75) is 46.3 Å². The van der Waals surface area contributed by atoms with Gasteiger partial charge in [0.2, 0.25) is 0 Å². The van der Waals surface area contributed by atoms with E-state index >= 15 is 0 Å². The Balaban J connectivity index is 1.63. The molecule has 0 saturated carbocycles. The zero-order valence-corrected chi connectivity index (χ0v) is 20.8. The lowest BCUT2D eigenvalue weighted by Gasteiger charge is -2.25. The van der Waals surface area contributed by atoms with Crippen LogP contribution in [0, 0.1) is 6.92 Å². The van der Waals surface area contributed by atoms with E-state index in [0.717, 1.165) is 23.2 Å². The summed E-state index contributed by atoms with van der Waals surface area (Å²) in [6, 6.07) is 8.96. The molecule has 7 nitrogen and oxygen atoms in total. The van der Waals surface area contributed by atoms with Crippen molar-refractivity contribution < 1.29 is 36.9 Å². The molecule has 35 heavy (non-hydrogen) atoms. The monoisotopic (exact) mass is 530 g/mol. The average molecular weight is 531 g/mol. The molecule has 2 aromatic carbocycles. The van der Waals surface area contributed by atoms with Gasteiger partial charge in [-0.1, -0.05) is 11.6 Å². The molecule has 0 aliphatic heterocycles. The van der Waals surface area contributed by atoms with Crippen LogP contribution in [0.3, 0.4) is 0 Å². The van der Waals surface area contributed by atoms with Crippen LogP contribution in [0.2, 0.25) is 5.02 Å². The standard InChI is InChI=1S/C23H22ClF3N2O5S/c1-5-31-21(30)22(3,4)33-17-9-7-15(10-13(17)2)32-12-19-28-20(29-35-19)14-6-8-18(16(24)11-14)34-23(25,26)27/h6-11H,5,12H2,1-4H3. The Bertz CT molecular complexity index is 1200. The van der Waals surface area contributed by atoms with Crippen LogP contribution in [0.25, 0.3) is 11.4 Å². The number of aromatic nitrogens is 2. The Hall–Kier alpha value is -3.05. The Morgan fingerprint density at radius 2 is 1.80 bits per heavy atom. The minimum atomic E-state index is -4.84. The van der Waals surface area contributed by atoms with Crippen molar-refractivity contribution >= 4 is 29.1 Å². The topological polar surface area (TPSA) is 79.8 Å². The fourth-order valence-corrected chi connectivity index (χ4v) is 3.67. The number of hydrogen-bond acceptors (Lipinski definition) is 8. The molecule has 0 aliphatic rings. The van der Waals surface area contributed by atoms with Crippen molar-refractivity contribution in [3.63, 3.8) is 0 Å². The molecule has 1 heterocycles. The quantitative estimate of drug-likeness (QED) is 0.298. The normalized spacial score (nSPS) is 11.8. The summed E-state index contributed by atoms with van der Waals surface area (Å²) in [6.45, 7) is 7.19. The number of rotatable bonds is 9. The number of alkyl halides is 3. The second kappa shape index (κ2) is 10.7. The molecule has 0 spiro atoms. The first kappa shape index (κ1) is 26.6. The second-order valence-electron chi connectivity index (χ2n) is 7.75. The highest BCUT2D eigenvalue weighted by atomic mass is 35.5. The molecule has 1 aromatic heterocycles. The molecule has 3 aromatic rings. The molecular formula is C23H22ClF3N2O5S. The highest BCUT2D eigenvalue weighted by Crippen LogP contribution is 2.33. The largest absolute Gasteiger partial charge is 0.573 e. The van der Waals surface area contributed by atoms with E-state index in [0.29, 0.717) is 27.9 Å². The zero-order chi connectivity index (χ0) is 25.8. The minimum Gasteiger partial charge on any atom is -0.486 e. The maximum atomic E-state index is 12.4. The summed E-state index contributed by atoms with van der Waals surface area (Å²) in [5.74, 6) is 0.404. The second-order valence-corrected chi connectivity index (χ2v) is 9.00. The molecule has 0 atom stereocenters. The van der Waals surface area contributed by atoms with Crippen molar-refractivity contribution in [3.05, 3.63) is 52.0 Å². The first-order valence-corrected chi connectivity index (χ1v) is 11.5. The van der Waals surface area contributed by atoms with Crippen LogP contribution in [-0.4, -0.2) is 33.9 Å². The van der Waals surface area contributed by atoms with E-state index in [1.807, 2.05) is 6.92 Å². The van der Waals surface area contributed by atoms with Gasteiger partial charge < -0.3 is 18.9 Å². The number of esters is 1. The van der Waals surface area contributed by atoms with E-state index in [4.69, 9.17) is 25.8 Å². The fraction of sp³-hybridized carbons (Fsp3) is 0.348. The van der Waals surface area contributed by atoms with Gasteiger partial charge in [-0.05, 0) is 81.2 Å². The molecule has 0 N–H and O–H groups in total. The van der Waals surface area contributed by atoms with Gasteiger partial charge in [0, 0.05) is 5.56 Å². The number of nitrogens with zero attached hydrogens (tertiary/aromatic N) is 2. The van der Waals surface area contributed by atoms with Crippen LogP contribution in [0.5, 0.6) is 17.2 Å². The van der Waals surface area contributed by atoms with Gasteiger partial charge in [0.15, 0.2) is 16.4 Å². The van der Waals surface area contributed by atoms with E-state index in [1.165, 1.54) is 12.1 Å². The molecule has 0 aliphatic carbocycles. The Kier molecular flexibility index (Phi) is 8.11. The Morgan fingerprint density at radius 1 is 1.09 bits per heavy atom. The van der Waals surface area contributed by atoms with E-state index in [2.05, 4.69) is 14.1 Å². The van der Waals surface area contributed by atoms with Crippen molar-refractivity contribution in [2.75, 3.05) is 6.61 Å². The van der Waals surface area contributed by atoms with Gasteiger partial charge in [0.05, 0.1) is 11.6 Å². The summed E-state index contributed by atoms with van der Waals surface area (Å²) in [4.78, 5) is 16.4. The summed E-state index contributed by atoms with van der Waals surface area (Å²) < 4.78 is 61.9. The van der Waals surface area contributed by atoms with E-state index < -0.39 is 23.7 Å². The van der Waals surface area contributed by atoms with Crippen LogP contribution in [0.4, 0.5) is 13.2 Å². The molecule has 0 amide bonds. The summed E-state index contributed by atoms with van der Waals surface area (Å²) in [6.07, 6.45) is -4.84. The molecular weight excluding hydrogens is 509 g/mol. The van der Waals surface area contributed by atoms with Crippen LogP contribution in [0.15, 0.2) is 36.4 Å². The maximum Gasteiger partial charge on any atom is 0.573 e. The predicted octanol–water partition coefficient (Wildman–Crippen LogP) is 6.37. The third-order valence-electron chi connectivity index (χ3n) is 4.52. The number of ether oxygens (including phenoxy) is 4. The van der Waals surface area contributed by atoms with Crippen molar-refractivity contribution in [1.29, 1.82) is 0 Å². The lowest BCUT2D eigenvalue weighted by atomic mass is 10.1. The number of carbonyl (C=O) groups excluding carboxylic acids is 1. The molecule has 0 unspecified atom stereocenters. The SMILES string of the molecule is CCOC(=O)C(C)(C)Oc1ccc(OCc2nc(-c3ccc(OC(F)(F)F)c(Cl)c3)ns2)cc1C. The van der Waals surface area contributed by atoms with Crippen molar-refractivity contribution in [1.82, 2.24) is 9.36 Å². The number of benzene rings is 2. The van der Waals surface area contributed by atoms with Gasteiger partial charge >= 0.3 is 12.3 Å². The van der Waals surface area contributed by atoms with Gasteiger partial charge in [0.25, 0.3) is 0 Å². The summed E-state index contributed by atoms with van der Waals surface area (Å²) in [7, 11) is 0. The average Bonchev–Trinajstić information content (AvgIpc) is 3.24. The van der Waals surface area contributed by atoms with E-state index in [9.17, 15) is 18.0 Å². The third-order valence-corrected chi connectivity index (χ3v) is 5.50. The molecule has 3 rings (SSSR count). The summed E-state index contributed by atoms with van der Waals surface area (Å²) in [5, 5.41) is 0.338. The van der Waals surface area contributed by atoms with Crippen molar-refractivity contribution in [2.24, 2.45) is 0 Å². The molecule has 0 radical (unpaired) electrons. The number of hydrogen-bond donors (Lipinski definition) is 0. The summed E-state index contributed by atoms with van der Waals surface area (Å²) in [5.41, 5.74) is 0.0497. The fourth-order valence-electron chi connectivity index (χ4n) is 2.87. The van der Waals surface area contributed by atoms with Gasteiger partial charge in [-0.25, -0.2) is 9.78 Å². The van der Waals surface area contributed by atoms with Crippen LogP contribution in [0.1, 0.15) is 31.3 Å². The number of halogens is 4. The first-order chi connectivity index (χ1) is 16.4.